The standard InChI is InChI=1S/C26H24F3N5O4/c1-13(27)26(36)34-8-5-15(34)12-38-20-11-30-6-3-16(20)22-23(21-18(32-22)4-7-31-25(21)35)33-19-10-14(28)9-17(29)24(19)37-2/h3,6,9-11,15,32-33H,1,4-5,7-8,12H2,2H3,(H,31,35)/t15-/m1/s1. The minimum atomic E-state index is -1.04. The number of aromatic amines is 1. The molecule has 198 valence electrons. The van der Waals surface area contributed by atoms with Crippen molar-refractivity contribution in [3.8, 4) is 22.8 Å². The maximum Gasteiger partial charge on any atom is 0.282 e. The summed E-state index contributed by atoms with van der Waals surface area (Å²) in [5.41, 5.74) is 2.10. The summed E-state index contributed by atoms with van der Waals surface area (Å²) in [6.45, 7) is 3.94. The Bertz CT molecular complexity index is 1440. The highest BCUT2D eigenvalue weighted by molar-refractivity contribution is 6.06. The largest absolute Gasteiger partial charge is 0.492 e. The average Bonchev–Trinajstić information content (AvgIpc) is 3.22. The van der Waals surface area contributed by atoms with Crippen LogP contribution < -0.4 is 20.1 Å². The molecule has 9 nitrogen and oxygen atoms in total. The van der Waals surface area contributed by atoms with Crippen molar-refractivity contribution in [3.63, 3.8) is 0 Å². The Morgan fingerprint density at radius 2 is 2.16 bits per heavy atom. The minimum Gasteiger partial charge on any atom is -0.492 e. The van der Waals surface area contributed by atoms with Crippen LogP contribution >= 0.6 is 0 Å². The van der Waals surface area contributed by atoms with Crippen LogP contribution in [0.25, 0.3) is 11.3 Å². The van der Waals surface area contributed by atoms with Crippen molar-refractivity contribution in [2.45, 2.75) is 18.9 Å². The van der Waals surface area contributed by atoms with Gasteiger partial charge in [0.05, 0.1) is 42.0 Å². The van der Waals surface area contributed by atoms with Crippen LogP contribution in [0.1, 0.15) is 22.5 Å². The second-order valence-corrected chi connectivity index (χ2v) is 8.86. The maximum absolute atomic E-state index is 14.4. The Hall–Kier alpha value is -4.48. The molecule has 12 heteroatoms. The number of ether oxygens (including phenoxy) is 2. The topological polar surface area (TPSA) is 109 Å². The Kier molecular flexibility index (Phi) is 6.70. The zero-order valence-electron chi connectivity index (χ0n) is 20.4. The van der Waals surface area contributed by atoms with Crippen LogP contribution in [-0.4, -0.2) is 59.5 Å². The highest BCUT2D eigenvalue weighted by Gasteiger charge is 2.34. The molecular weight excluding hydrogens is 503 g/mol. The molecule has 2 amide bonds. The lowest BCUT2D eigenvalue weighted by Crippen LogP contribution is -2.54. The molecule has 1 aromatic carbocycles. The number of fused-ring (bicyclic) bond motifs is 1. The molecule has 1 fully saturated rings. The number of aromatic nitrogens is 2. The molecule has 1 atom stereocenters. The van der Waals surface area contributed by atoms with E-state index in [1.165, 1.54) is 24.4 Å². The van der Waals surface area contributed by atoms with Crippen molar-refractivity contribution in [1.29, 1.82) is 0 Å². The lowest BCUT2D eigenvalue weighted by atomic mass is 10.0. The SMILES string of the molecule is C=C(F)C(=O)N1CC[C@@H]1COc1cnccc1-c1[nH]c2c(c1Nc1cc(F)cc(F)c1OC)C(=O)NCC2. The van der Waals surface area contributed by atoms with Gasteiger partial charge in [-0.1, -0.05) is 6.58 Å². The summed E-state index contributed by atoms with van der Waals surface area (Å²) >= 11 is 0. The fourth-order valence-corrected chi connectivity index (χ4v) is 4.63. The molecule has 38 heavy (non-hydrogen) atoms. The van der Waals surface area contributed by atoms with Crippen LogP contribution in [0.5, 0.6) is 11.5 Å². The molecule has 3 aromatic rings. The van der Waals surface area contributed by atoms with Gasteiger partial charge in [0.15, 0.2) is 17.4 Å². The Labute approximate surface area is 215 Å². The molecule has 0 unspecified atom stereocenters. The Morgan fingerprint density at radius 1 is 1.34 bits per heavy atom. The first-order chi connectivity index (χ1) is 18.3. The van der Waals surface area contributed by atoms with Crippen molar-refractivity contribution in [1.82, 2.24) is 20.2 Å². The van der Waals surface area contributed by atoms with Crippen molar-refractivity contribution in [2.75, 3.05) is 32.1 Å². The highest BCUT2D eigenvalue weighted by Crippen LogP contribution is 2.42. The number of benzene rings is 1. The van der Waals surface area contributed by atoms with Crippen molar-refractivity contribution in [2.24, 2.45) is 0 Å². The Morgan fingerprint density at radius 3 is 2.87 bits per heavy atom. The second kappa shape index (κ2) is 10.1. The number of carbonyl (C=O) groups excluding carboxylic acids is 2. The van der Waals surface area contributed by atoms with Gasteiger partial charge in [-0.15, -0.1) is 0 Å². The summed E-state index contributed by atoms with van der Waals surface area (Å²) in [4.78, 5) is 33.5. The number of methoxy groups -OCH3 is 1. The van der Waals surface area contributed by atoms with Crippen LogP contribution in [-0.2, 0) is 11.2 Å². The molecule has 4 heterocycles. The summed E-state index contributed by atoms with van der Waals surface area (Å²) < 4.78 is 53.0. The van der Waals surface area contributed by atoms with Crippen LogP contribution in [0.3, 0.4) is 0 Å². The van der Waals surface area contributed by atoms with Gasteiger partial charge in [0.25, 0.3) is 11.8 Å². The van der Waals surface area contributed by atoms with E-state index in [0.717, 1.165) is 6.07 Å². The van der Waals surface area contributed by atoms with E-state index in [2.05, 4.69) is 27.2 Å². The molecule has 1 saturated heterocycles. The number of hydrogen-bond acceptors (Lipinski definition) is 6. The summed E-state index contributed by atoms with van der Waals surface area (Å²) in [5, 5.41) is 5.76. The number of H-pyrrole nitrogens is 1. The van der Waals surface area contributed by atoms with Crippen molar-refractivity contribution >= 4 is 23.2 Å². The van der Waals surface area contributed by atoms with Gasteiger partial charge in [-0.25, -0.2) is 13.2 Å². The molecule has 0 bridgehead atoms. The summed E-state index contributed by atoms with van der Waals surface area (Å²) in [5.74, 6) is -3.81. The predicted octanol–water partition coefficient (Wildman–Crippen LogP) is 3.86. The van der Waals surface area contributed by atoms with Gasteiger partial charge >= 0.3 is 0 Å². The van der Waals surface area contributed by atoms with E-state index >= 15 is 0 Å². The normalized spacial score (nSPS) is 16.3. The quantitative estimate of drug-likeness (QED) is 0.384. The van der Waals surface area contributed by atoms with Gasteiger partial charge in [0.1, 0.15) is 18.2 Å². The first kappa shape index (κ1) is 25.2. The van der Waals surface area contributed by atoms with Gasteiger partial charge in [-0.3, -0.25) is 14.6 Å². The third-order valence-electron chi connectivity index (χ3n) is 6.56. The molecule has 0 spiro atoms. The minimum absolute atomic E-state index is 0.0157. The summed E-state index contributed by atoms with van der Waals surface area (Å²) in [6, 6.07) is 3.08. The van der Waals surface area contributed by atoms with E-state index in [9.17, 15) is 22.8 Å². The van der Waals surface area contributed by atoms with Crippen LogP contribution in [0, 0.1) is 11.6 Å². The fourth-order valence-electron chi connectivity index (χ4n) is 4.63. The van der Waals surface area contributed by atoms with Gasteiger partial charge in [0, 0.05) is 49.1 Å². The molecule has 0 radical (unpaired) electrons. The van der Waals surface area contributed by atoms with Crippen molar-refractivity contribution in [3.05, 3.63) is 65.9 Å². The zero-order chi connectivity index (χ0) is 27.0. The van der Waals surface area contributed by atoms with Crippen LogP contribution in [0.4, 0.5) is 24.5 Å². The fraction of sp³-hybridized carbons (Fsp3) is 0.269. The number of anilines is 2. The zero-order valence-corrected chi connectivity index (χ0v) is 20.4. The molecule has 0 saturated carbocycles. The molecule has 2 aromatic heterocycles. The van der Waals surface area contributed by atoms with Gasteiger partial charge < -0.3 is 30.0 Å². The maximum atomic E-state index is 14.4. The molecule has 3 N–H and O–H groups in total. The van der Waals surface area contributed by atoms with Gasteiger partial charge in [-0.2, -0.15) is 0 Å². The number of pyridine rings is 1. The smallest absolute Gasteiger partial charge is 0.282 e. The lowest BCUT2D eigenvalue weighted by Gasteiger charge is -2.40. The van der Waals surface area contributed by atoms with E-state index in [1.807, 2.05) is 0 Å². The van der Waals surface area contributed by atoms with Crippen LogP contribution in [0.2, 0.25) is 0 Å². The second-order valence-electron chi connectivity index (χ2n) is 8.86. The van der Waals surface area contributed by atoms with E-state index < -0.39 is 23.4 Å². The summed E-state index contributed by atoms with van der Waals surface area (Å²) in [7, 11) is 1.25. The molecule has 2 aliphatic heterocycles. The van der Waals surface area contributed by atoms with Crippen molar-refractivity contribution < 1.29 is 32.2 Å². The van der Waals surface area contributed by atoms with Crippen LogP contribution in [0.15, 0.2) is 43.0 Å². The number of hydrogen-bond donors (Lipinski definition) is 3. The van der Waals surface area contributed by atoms with E-state index in [4.69, 9.17) is 9.47 Å². The average molecular weight is 528 g/mol. The lowest BCUT2D eigenvalue weighted by molar-refractivity contribution is -0.137. The van der Waals surface area contributed by atoms with E-state index in [1.54, 1.807) is 6.07 Å². The first-order valence-corrected chi connectivity index (χ1v) is 11.8. The number of halogens is 3. The van der Waals surface area contributed by atoms with Gasteiger partial charge in [-0.05, 0) is 12.5 Å². The molecule has 5 rings (SSSR count). The highest BCUT2D eigenvalue weighted by atomic mass is 19.1. The van der Waals surface area contributed by atoms with E-state index in [-0.39, 0.29) is 41.2 Å². The third kappa shape index (κ3) is 4.53. The number of nitrogens with zero attached hydrogens (tertiary/aromatic N) is 2. The first-order valence-electron chi connectivity index (χ1n) is 11.8. The monoisotopic (exact) mass is 527 g/mol. The van der Waals surface area contributed by atoms with Gasteiger partial charge in [0.2, 0.25) is 0 Å². The number of nitrogens with one attached hydrogen (secondary N) is 3. The number of rotatable bonds is 8. The van der Waals surface area contributed by atoms with E-state index in [0.29, 0.717) is 54.7 Å². The Balaban J connectivity index is 1.52. The molecule has 2 aliphatic rings. The molecular formula is C26H24F3N5O4. The molecule has 0 aliphatic carbocycles. The number of amides is 2. The predicted molar refractivity (Wildman–Crippen MR) is 132 cm³/mol. The number of carbonyl (C=O) groups is 2. The summed E-state index contributed by atoms with van der Waals surface area (Å²) in [6.07, 6.45) is 4.13. The third-order valence-corrected chi connectivity index (χ3v) is 6.56. The number of likely N-dealkylation sites (tertiary alicyclic amines) is 1.